The molecule has 3 aromatic rings. The van der Waals surface area contributed by atoms with Gasteiger partial charge >= 0.3 is 0 Å². The van der Waals surface area contributed by atoms with Gasteiger partial charge in [-0.25, -0.2) is 0 Å². The van der Waals surface area contributed by atoms with Crippen molar-refractivity contribution in [1.29, 1.82) is 5.41 Å². The van der Waals surface area contributed by atoms with Crippen molar-refractivity contribution in [2.24, 2.45) is 5.73 Å². The summed E-state index contributed by atoms with van der Waals surface area (Å²) in [6, 6.07) is 9.38. The van der Waals surface area contributed by atoms with E-state index < -0.39 is 46.6 Å². The van der Waals surface area contributed by atoms with Crippen LogP contribution in [0.3, 0.4) is 0 Å². The molecule has 0 aliphatic carbocycles. The van der Waals surface area contributed by atoms with Gasteiger partial charge in [0.1, 0.15) is 11.6 Å². The second-order valence-corrected chi connectivity index (χ2v) is 8.73. The van der Waals surface area contributed by atoms with E-state index in [0.29, 0.717) is 0 Å². The van der Waals surface area contributed by atoms with E-state index in [0.717, 1.165) is 12.1 Å². The summed E-state index contributed by atoms with van der Waals surface area (Å²) in [4.78, 5) is 17.3. The largest absolute Gasteiger partial charge is 0.504 e. The Bertz CT molecular complexity index is 1330. The van der Waals surface area contributed by atoms with Gasteiger partial charge in [0.2, 0.25) is 17.4 Å². The van der Waals surface area contributed by atoms with Crippen LogP contribution in [0.1, 0.15) is 22.3 Å². The highest BCUT2D eigenvalue weighted by atomic mass is 79.9. The molecule has 37 heavy (non-hydrogen) atoms. The number of halogens is 4. The Morgan fingerprint density at radius 3 is 2.43 bits per heavy atom. The summed E-state index contributed by atoms with van der Waals surface area (Å²) in [5, 5.41) is 16.6. The zero-order valence-electron chi connectivity index (χ0n) is 19.6. The Hall–Kier alpha value is -4.00. The Kier molecular flexibility index (Phi) is 8.81. The monoisotopic (exact) mass is 582 g/mol. The second kappa shape index (κ2) is 11.8. The Morgan fingerprint density at radius 2 is 1.81 bits per heavy atom. The molecule has 1 atom stereocenters. The molecule has 4 N–H and O–H groups in total. The molecule has 1 amide bonds. The number of aromatic hydroxyl groups is 1. The highest BCUT2D eigenvalue weighted by molar-refractivity contribution is 9.09. The minimum atomic E-state index is -1.41. The molecule has 0 radical (unpaired) electrons. The van der Waals surface area contributed by atoms with E-state index in [1.807, 2.05) is 0 Å². The summed E-state index contributed by atoms with van der Waals surface area (Å²) in [5.41, 5.74) is 5.83. The first-order valence-corrected chi connectivity index (χ1v) is 11.5. The number of aromatic nitrogens is 1. The van der Waals surface area contributed by atoms with Gasteiger partial charge in [-0.05, 0) is 52.3 Å². The lowest BCUT2D eigenvalue weighted by molar-refractivity contribution is 0.0827. The van der Waals surface area contributed by atoms with Gasteiger partial charge in [0.05, 0.1) is 6.67 Å². The quantitative estimate of drug-likeness (QED) is 0.172. The third-order valence-corrected chi connectivity index (χ3v) is 5.38. The zero-order chi connectivity index (χ0) is 27.3. The van der Waals surface area contributed by atoms with Crippen LogP contribution >= 0.6 is 15.9 Å². The summed E-state index contributed by atoms with van der Waals surface area (Å²) in [5.74, 6) is -6.92. The molecule has 1 unspecified atom stereocenters. The van der Waals surface area contributed by atoms with Crippen LogP contribution in [-0.2, 0) is 0 Å². The summed E-state index contributed by atoms with van der Waals surface area (Å²) in [7, 11) is 3.10. The summed E-state index contributed by atoms with van der Waals surface area (Å²) in [6.07, 6.45) is -0.232. The number of nitrogens with one attached hydrogen (secondary N) is 1. The number of phenolic OH excluding ortho intramolecular Hbond substituents is 1. The molecule has 0 saturated heterocycles. The highest BCUT2D eigenvalue weighted by Crippen LogP contribution is 2.40. The predicted molar refractivity (Wildman–Crippen MR) is 132 cm³/mol. The van der Waals surface area contributed by atoms with Crippen molar-refractivity contribution in [3.8, 4) is 34.8 Å². The van der Waals surface area contributed by atoms with Crippen molar-refractivity contribution in [2.75, 3.05) is 20.8 Å². The standard InChI is InChI=1S/C24H22BrF3N4O5/c1-32(2)24(34)13-4-3-5-14(10-13)35-22-18(27)20(37-17(25)8-9-26)19(28)23(31-22)36-16-11-12(21(29)30)6-7-15(16)33/h3-7,10-11,17,33H,8-9H2,1-2H3,(H3,29,30). The van der Waals surface area contributed by atoms with Crippen LogP contribution in [0.2, 0.25) is 0 Å². The van der Waals surface area contributed by atoms with Crippen molar-refractivity contribution in [3.05, 3.63) is 65.2 Å². The minimum absolute atomic E-state index is 0.0109. The normalized spacial score (nSPS) is 11.5. The first-order chi connectivity index (χ1) is 17.5. The maximum absolute atomic E-state index is 15.3. The first kappa shape index (κ1) is 27.6. The van der Waals surface area contributed by atoms with Gasteiger partial charge in [-0.2, -0.15) is 13.8 Å². The summed E-state index contributed by atoms with van der Waals surface area (Å²) in [6.45, 7) is -0.838. The van der Waals surface area contributed by atoms with Gasteiger partial charge in [-0.15, -0.1) is 0 Å². The molecule has 2 aromatic carbocycles. The third-order valence-electron chi connectivity index (χ3n) is 4.74. The Labute approximate surface area is 218 Å². The van der Waals surface area contributed by atoms with E-state index in [1.165, 1.54) is 35.2 Å². The lowest BCUT2D eigenvalue weighted by atomic mass is 10.2. The van der Waals surface area contributed by atoms with Gasteiger partial charge in [0, 0.05) is 31.6 Å². The molecule has 0 fully saturated rings. The van der Waals surface area contributed by atoms with E-state index in [9.17, 15) is 14.3 Å². The van der Waals surface area contributed by atoms with Gasteiger partial charge in [-0.1, -0.05) is 6.07 Å². The number of ether oxygens (including phenoxy) is 3. The van der Waals surface area contributed by atoms with Crippen LogP contribution in [0, 0.1) is 17.0 Å². The zero-order valence-corrected chi connectivity index (χ0v) is 21.2. The fourth-order valence-corrected chi connectivity index (χ4v) is 3.28. The number of hydrogen-bond donors (Lipinski definition) is 3. The molecule has 3 rings (SSSR count). The number of amidine groups is 1. The number of nitrogen functional groups attached to an aromatic ring is 1. The van der Waals surface area contributed by atoms with Crippen LogP contribution in [0.25, 0.3) is 0 Å². The summed E-state index contributed by atoms with van der Waals surface area (Å²) >= 11 is 2.98. The topological polar surface area (TPSA) is 131 Å². The minimum Gasteiger partial charge on any atom is -0.504 e. The number of nitrogens with two attached hydrogens (primary N) is 1. The fraction of sp³-hybridized carbons (Fsp3) is 0.208. The van der Waals surface area contributed by atoms with Crippen molar-refractivity contribution in [1.82, 2.24) is 9.88 Å². The molecule has 1 heterocycles. The lowest BCUT2D eigenvalue weighted by Gasteiger charge is -2.17. The number of amides is 1. The van der Waals surface area contributed by atoms with Crippen molar-refractivity contribution in [2.45, 2.75) is 11.4 Å². The molecule has 0 saturated carbocycles. The molecule has 0 bridgehead atoms. The average Bonchev–Trinajstić information content (AvgIpc) is 2.85. The third kappa shape index (κ3) is 6.61. The van der Waals surface area contributed by atoms with Crippen LogP contribution in [-0.4, -0.2) is 52.5 Å². The van der Waals surface area contributed by atoms with E-state index in [4.69, 9.17) is 25.4 Å². The van der Waals surface area contributed by atoms with Gasteiger partial charge in [0.25, 0.3) is 17.7 Å². The van der Waals surface area contributed by atoms with E-state index >= 15 is 8.78 Å². The van der Waals surface area contributed by atoms with Crippen molar-refractivity contribution in [3.63, 3.8) is 0 Å². The highest BCUT2D eigenvalue weighted by Gasteiger charge is 2.27. The second-order valence-electron chi connectivity index (χ2n) is 7.71. The lowest BCUT2D eigenvalue weighted by Crippen LogP contribution is -2.21. The van der Waals surface area contributed by atoms with Crippen LogP contribution < -0.4 is 19.9 Å². The van der Waals surface area contributed by atoms with Gasteiger partial charge < -0.3 is 30.0 Å². The molecule has 0 spiro atoms. The van der Waals surface area contributed by atoms with Crippen LogP contribution in [0.5, 0.6) is 34.8 Å². The molecule has 0 aliphatic rings. The smallest absolute Gasteiger partial charge is 0.263 e. The maximum Gasteiger partial charge on any atom is 0.263 e. The Balaban J connectivity index is 2.08. The van der Waals surface area contributed by atoms with Crippen LogP contribution in [0.4, 0.5) is 13.2 Å². The van der Waals surface area contributed by atoms with Crippen molar-refractivity contribution >= 4 is 27.7 Å². The number of benzene rings is 2. The molecule has 0 aliphatic heterocycles. The SMILES string of the molecule is CN(C)C(=O)c1cccc(Oc2nc(Oc3cc(C(=N)N)ccc3O)c(F)c(OC(Br)CCF)c2F)c1. The number of rotatable bonds is 10. The fourth-order valence-electron chi connectivity index (χ4n) is 2.92. The molecule has 196 valence electrons. The number of pyridine rings is 1. The number of nitrogens with zero attached hydrogens (tertiary/aromatic N) is 2. The molecular formula is C24H22BrF3N4O5. The predicted octanol–water partition coefficient (Wildman–Crippen LogP) is 5.10. The van der Waals surface area contributed by atoms with Crippen LogP contribution in [0.15, 0.2) is 42.5 Å². The van der Waals surface area contributed by atoms with E-state index in [1.54, 1.807) is 14.1 Å². The van der Waals surface area contributed by atoms with Gasteiger partial charge in [0.15, 0.2) is 16.5 Å². The molecule has 9 nitrogen and oxygen atoms in total. The van der Waals surface area contributed by atoms with Crippen molar-refractivity contribution < 1.29 is 37.3 Å². The molecule has 13 heteroatoms. The average molecular weight is 583 g/mol. The maximum atomic E-state index is 15.3. The Morgan fingerprint density at radius 1 is 1.14 bits per heavy atom. The number of alkyl halides is 2. The van der Waals surface area contributed by atoms with E-state index in [2.05, 4.69) is 20.9 Å². The number of carbonyl (C=O) groups excluding carboxylic acids is 1. The number of hydrogen-bond acceptors (Lipinski definition) is 7. The number of carbonyl (C=O) groups is 1. The molecular weight excluding hydrogens is 561 g/mol. The molecule has 1 aromatic heterocycles. The first-order valence-electron chi connectivity index (χ1n) is 10.6. The summed E-state index contributed by atoms with van der Waals surface area (Å²) < 4.78 is 59.4. The van der Waals surface area contributed by atoms with E-state index in [-0.39, 0.29) is 40.8 Å². The van der Waals surface area contributed by atoms with Gasteiger partial charge in [-0.3, -0.25) is 14.6 Å². The number of phenols is 1.